The molecule has 33 heavy (non-hydrogen) atoms. The number of rotatable bonds is 9. The molecule has 0 aliphatic carbocycles. The molecule has 4 aromatic rings. The predicted octanol–water partition coefficient (Wildman–Crippen LogP) is 5.87. The van der Waals surface area contributed by atoms with Crippen molar-refractivity contribution in [1.82, 2.24) is 14.8 Å². The van der Waals surface area contributed by atoms with Crippen molar-refractivity contribution in [2.45, 2.75) is 38.4 Å². The molecular formula is C25H26N4O3S. The highest BCUT2D eigenvalue weighted by Crippen LogP contribution is 2.30. The van der Waals surface area contributed by atoms with Gasteiger partial charge in [0.15, 0.2) is 10.9 Å². The summed E-state index contributed by atoms with van der Waals surface area (Å²) in [6, 6.07) is 18.9. The van der Waals surface area contributed by atoms with Crippen molar-refractivity contribution < 1.29 is 13.9 Å². The quantitative estimate of drug-likeness (QED) is 0.313. The number of nitrogens with zero attached hydrogens (tertiary/aromatic N) is 3. The second-order valence-corrected chi connectivity index (χ2v) is 8.85. The first-order valence-corrected chi connectivity index (χ1v) is 11.7. The molecule has 2 aromatic carbocycles. The molecule has 0 spiro atoms. The third-order valence-corrected chi connectivity index (χ3v) is 5.86. The Morgan fingerprint density at radius 1 is 1.09 bits per heavy atom. The first-order valence-electron chi connectivity index (χ1n) is 10.7. The minimum atomic E-state index is -0.154. The summed E-state index contributed by atoms with van der Waals surface area (Å²) in [6.07, 6.45) is 1.64. The van der Waals surface area contributed by atoms with Gasteiger partial charge in [-0.15, -0.1) is 10.2 Å². The zero-order valence-electron chi connectivity index (χ0n) is 18.8. The molecule has 0 saturated carbocycles. The highest BCUT2D eigenvalue weighted by Gasteiger charge is 2.18. The fourth-order valence-electron chi connectivity index (χ4n) is 3.25. The standard InChI is InChI=1S/C25H26N4O3S/c1-17(2)24-27-28-25(29(24)15-20-7-6-14-31-20)33-16-23(30)26-21-8-4-5-9-22(21)32-19-12-10-18(3)11-13-19/h4-14,17H,15-16H2,1-3H3,(H,26,30). The summed E-state index contributed by atoms with van der Waals surface area (Å²) >= 11 is 1.34. The van der Waals surface area contributed by atoms with E-state index in [-0.39, 0.29) is 17.6 Å². The average Bonchev–Trinajstić information content (AvgIpc) is 3.46. The Bertz CT molecular complexity index is 1200. The summed E-state index contributed by atoms with van der Waals surface area (Å²) in [7, 11) is 0. The van der Waals surface area contributed by atoms with E-state index in [1.54, 1.807) is 6.26 Å². The van der Waals surface area contributed by atoms with Gasteiger partial charge in [-0.25, -0.2) is 0 Å². The van der Waals surface area contributed by atoms with E-state index in [0.29, 0.717) is 28.9 Å². The molecule has 1 N–H and O–H groups in total. The molecule has 1 amide bonds. The third kappa shape index (κ3) is 5.84. The summed E-state index contributed by atoms with van der Waals surface area (Å²) in [5, 5.41) is 12.3. The minimum absolute atomic E-state index is 0.154. The molecule has 4 rings (SSSR count). The molecule has 0 radical (unpaired) electrons. The maximum Gasteiger partial charge on any atom is 0.234 e. The zero-order valence-corrected chi connectivity index (χ0v) is 19.6. The SMILES string of the molecule is Cc1ccc(Oc2ccccc2NC(=O)CSc2nnc(C(C)C)n2Cc2ccco2)cc1. The summed E-state index contributed by atoms with van der Waals surface area (Å²) in [4.78, 5) is 12.7. The van der Waals surface area contributed by atoms with Crippen LogP contribution >= 0.6 is 11.8 Å². The molecule has 170 valence electrons. The molecule has 0 aliphatic rings. The van der Waals surface area contributed by atoms with Gasteiger partial charge >= 0.3 is 0 Å². The minimum Gasteiger partial charge on any atom is -0.467 e. The van der Waals surface area contributed by atoms with E-state index in [9.17, 15) is 4.79 Å². The van der Waals surface area contributed by atoms with Crippen molar-refractivity contribution in [3.05, 3.63) is 84.1 Å². The highest BCUT2D eigenvalue weighted by molar-refractivity contribution is 7.99. The van der Waals surface area contributed by atoms with Crippen LogP contribution < -0.4 is 10.1 Å². The first-order chi connectivity index (χ1) is 16.0. The smallest absolute Gasteiger partial charge is 0.234 e. The Kier molecular flexibility index (Phi) is 7.14. The number of thioether (sulfide) groups is 1. The van der Waals surface area contributed by atoms with Gasteiger partial charge in [0.05, 0.1) is 24.2 Å². The number of amides is 1. The number of hydrogen-bond acceptors (Lipinski definition) is 6. The lowest BCUT2D eigenvalue weighted by Crippen LogP contribution is -2.15. The van der Waals surface area contributed by atoms with Gasteiger partial charge < -0.3 is 14.5 Å². The van der Waals surface area contributed by atoms with Crippen LogP contribution in [0.3, 0.4) is 0 Å². The maximum absolute atomic E-state index is 12.7. The van der Waals surface area contributed by atoms with Crippen LogP contribution in [-0.4, -0.2) is 26.4 Å². The van der Waals surface area contributed by atoms with Gasteiger partial charge in [0, 0.05) is 5.92 Å². The fourth-order valence-corrected chi connectivity index (χ4v) is 3.99. The van der Waals surface area contributed by atoms with Gasteiger partial charge in [-0.2, -0.15) is 0 Å². The Morgan fingerprint density at radius 3 is 2.61 bits per heavy atom. The Balaban J connectivity index is 1.43. The van der Waals surface area contributed by atoms with Crippen LogP contribution in [0.5, 0.6) is 11.5 Å². The van der Waals surface area contributed by atoms with Crippen LogP contribution in [0.2, 0.25) is 0 Å². The van der Waals surface area contributed by atoms with Gasteiger partial charge in [-0.3, -0.25) is 9.36 Å². The molecule has 2 aromatic heterocycles. The molecule has 8 heteroatoms. The number of carbonyl (C=O) groups excluding carboxylic acids is 1. The van der Waals surface area contributed by atoms with Crippen LogP contribution in [0.25, 0.3) is 0 Å². The highest BCUT2D eigenvalue weighted by atomic mass is 32.2. The molecule has 0 saturated heterocycles. The summed E-state index contributed by atoms with van der Waals surface area (Å²) < 4.78 is 13.5. The monoisotopic (exact) mass is 462 g/mol. The molecule has 0 bridgehead atoms. The Hall–Kier alpha value is -3.52. The van der Waals surface area contributed by atoms with Gasteiger partial charge in [-0.05, 0) is 43.3 Å². The second kappa shape index (κ2) is 10.4. The van der Waals surface area contributed by atoms with Crippen molar-refractivity contribution in [1.29, 1.82) is 0 Å². The number of benzene rings is 2. The lowest BCUT2D eigenvalue weighted by atomic mass is 10.2. The van der Waals surface area contributed by atoms with Crippen LogP contribution in [-0.2, 0) is 11.3 Å². The number of hydrogen-bond donors (Lipinski definition) is 1. The van der Waals surface area contributed by atoms with E-state index in [1.165, 1.54) is 11.8 Å². The lowest BCUT2D eigenvalue weighted by Gasteiger charge is -2.13. The number of aryl methyl sites for hydroxylation is 1. The number of furan rings is 1. The van der Waals surface area contributed by atoms with Crippen molar-refractivity contribution >= 4 is 23.4 Å². The fraction of sp³-hybridized carbons (Fsp3) is 0.240. The van der Waals surface area contributed by atoms with Gasteiger partial charge in [-0.1, -0.05) is 55.4 Å². The van der Waals surface area contributed by atoms with Crippen molar-refractivity contribution in [3.63, 3.8) is 0 Å². The van der Waals surface area contributed by atoms with Gasteiger partial charge in [0.25, 0.3) is 0 Å². The predicted molar refractivity (Wildman–Crippen MR) is 129 cm³/mol. The van der Waals surface area contributed by atoms with Crippen LogP contribution in [0.15, 0.2) is 76.5 Å². The Labute approximate surface area is 197 Å². The van der Waals surface area contributed by atoms with E-state index in [4.69, 9.17) is 9.15 Å². The molecule has 2 heterocycles. The van der Waals surface area contributed by atoms with E-state index < -0.39 is 0 Å². The summed E-state index contributed by atoms with van der Waals surface area (Å²) in [5.41, 5.74) is 1.77. The molecule has 7 nitrogen and oxygen atoms in total. The van der Waals surface area contributed by atoms with Crippen LogP contribution in [0.1, 0.15) is 36.9 Å². The van der Waals surface area contributed by atoms with Crippen molar-refractivity contribution in [2.24, 2.45) is 0 Å². The van der Waals surface area contributed by atoms with Crippen molar-refractivity contribution in [2.75, 3.05) is 11.1 Å². The number of para-hydroxylation sites is 2. The molecule has 0 fully saturated rings. The normalized spacial score (nSPS) is 11.0. The molecule has 0 unspecified atom stereocenters. The van der Waals surface area contributed by atoms with Crippen molar-refractivity contribution in [3.8, 4) is 11.5 Å². The number of aromatic nitrogens is 3. The molecule has 0 aliphatic heterocycles. The summed E-state index contributed by atoms with van der Waals surface area (Å²) in [6.45, 7) is 6.67. The maximum atomic E-state index is 12.7. The average molecular weight is 463 g/mol. The third-order valence-electron chi connectivity index (χ3n) is 4.90. The number of ether oxygens (including phenoxy) is 1. The van der Waals surface area contributed by atoms with Gasteiger partial charge in [0.1, 0.15) is 17.3 Å². The summed E-state index contributed by atoms with van der Waals surface area (Å²) in [5.74, 6) is 3.19. The Morgan fingerprint density at radius 2 is 1.88 bits per heavy atom. The molecular weight excluding hydrogens is 436 g/mol. The first kappa shape index (κ1) is 22.7. The molecule has 0 atom stereocenters. The topological polar surface area (TPSA) is 82.2 Å². The number of anilines is 1. The van der Waals surface area contributed by atoms with Crippen LogP contribution in [0.4, 0.5) is 5.69 Å². The van der Waals surface area contributed by atoms with E-state index in [1.807, 2.05) is 72.2 Å². The second-order valence-electron chi connectivity index (χ2n) is 7.91. The van der Waals surface area contributed by atoms with Gasteiger partial charge in [0.2, 0.25) is 5.91 Å². The largest absolute Gasteiger partial charge is 0.467 e. The van der Waals surface area contributed by atoms with E-state index in [0.717, 1.165) is 17.1 Å². The number of nitrogens with one attached hydrogen (secondary N) is 1. The van der Waals surface area contributed by atoms with Crippen LogP contribution in [0, 0.1) is 6.92 Å². The number of carbonyl (C=O) groups is 1. The van der Waals surface area contributed by atoms with E-state index in [2.05, 4.69) is 29.4 Å². The van der Waals surface area contributed by atoms with E-state index >= 15 is 0 Å². The zero-order chi connectivity index (χ0) is 23.2. The lowest BCUT2D eigenvalue weighted by molar-refractivity contribution is -0.113.